The van der Waals surface area contributed by atoms with Crippen LogP contribution in [0.15, 0.2) is 12.3 Å². The van der Waals surface area contributed by atoms with E-state index in [1.807, 2.05) is 6.92 Å². The maximum absolute atomic E-state index is 11.9. The topological polar surface area (TPSA) is 102 Å². The Morgan fingerprint density at radius 1 is 1.56 bits per heavy atom. The van der Waals surface area contributed by atoms with Crippen LogP contribution in [0.1, 0.15) is 12.0 Å². The summed E-state index contributed by atoms with van der Waals surface area (Å²) in [4.78, 5) is 15.8. The highest BCUT2D eigenvalue weighted by Gasteiger charge is 2.33. The number of nitrogens with one attached hydrogen (secondary N) is 1. The van der Waals surface area contributed by atoms with E-state index in [1.54, 1.807) is 6.07 Å². The van der Waals surface area contributed by atoms with E-state index < -0.39 is 15.8 Å². The molecule has 1 aromatic rings. The van der Waals surface area contributed by atoms with E-state index in [0.717, 1.165) is 5.56 Å². The Morgan fingerprint density at radius 3 is 2.83 bits per heavy atom. The van der Waals surface area contributed by atoms with Gasteiger partial charge in [0.1, 0.15) is 5.82 Å². The Balaban J connectivity index is 2.06. The van der Waals surface area contributed by atoms with E-state index in [2.05, 4.69) is 10.3 Å². The van der Waals surface area contributed by atoms with E-state index in [9.17, 15) is 13.2 Å². The van der Waals surface area contributed by atoms with Crippen LogP contribution >= 0.6 is 0 Å². The number of carbonyl (C=O) groups is 1. The first-order chi connectivity index (χ1) is 8.37. The Morgan fingerprint density at radius 2 is 2.28 bits per heavy atom. The highest BCUT2D eigenvalue weighted by Crippen LogP contribution is 2.20. The zero-order chi connectivity index (χ0) is 13.3. The van der Waals surface area contributed by atoms with Crippen molar-refractivity contribution in [2.45, 2.75) is 13.3 Å². The number of aryl methyl sites for hydroxylation is 1. The molecule has 3 N–H and O–H groups in total. The van der Waals surface area contributed by atoms with E-state index in [4.69, 9.17) is 5.73 Å². The Labute approximate surface area is 106 Å². The number of aromatic nitrogens is 1. The van der Waals surface area contributed by atoms with Crippen LogP contribution in [0, 0.1) is 12.8 Å². The van der Waals surface area contributed by atoms with Crippen molar-refractivity contribution in [2.24, 2.45) is 5.92 Å². The number of nitrogen functional groups attached to an aromatic ring is 1. The number of anilines is 2. The van der Waals surface area contributed by atoms with Crippen LogP contribution < -0.4 is 11.1 Å². The summed E-state index contributed by atoms with van der Waals surface area (Å²) in [6.45, 7) is 1.81. The highest BCUT2D eigenvalue weighted by atomic mass is 32.2. The molecule has 1 aromatic heterocycles. The van der Waals surface area contributed by atoms with Crippen LogP contribution in [0.3, 0.4) is 0 Å². The standard InChI is InChI=1S/C11H15N3O3S/c1-7-4-10(13-5-9(7)12)14-11(15)8-2-3-18(16,17)6-8/h4-5,8H,2-3,6,12H2,1H3,(H,13,14,15). The maximum Gasteiger partial charge on any atom is 0.229 e. The van der Waals surface area contributed by atoms with Crippen molar-refractivity contribution < 1.29 is 13.2 Å². The molecule has 0 radical (unpaired) electrons. The fourth-order valence-electron chi connectivity index (χ4n) is 1.87. The summed E-state index contributed by atoms with van der Waals surface area (Å²) >= 11 is 0. The summed E-state index contributed by atoms with van der Waals surface area (Å²) in [5.74, 6) is -0.370. The van der Waals surface area contributed by atoms with Crippen LogP contribution in [-0.4, -0.2) is 30.8 Å². The van der Waals surface area contributed by atoms with Crippen LogP contribution in [0.5, 0.6) is 0 Å². The Hall–Kier alpha value is -1.63. The molecule has 0 bridgehead atoms. The first-order valence-corrected chi connectivity index (χ1v) is 7.43. The molecule has 6 nitrogen and oxygen atoms in total. The van der Waals surface area contributed by atoms with Crippen LogP contribution in [-0.2, 0) is 14.6 Å². The first kappa shape index (κ1) is 12.8. The van der Waals surface area contributed by atoms with Gasteiger partial charge in [0.05, 0.1) is 29.3 Å². The minimum absolute atomic E-state index is 0.0766. The second-order valence-electron chi connectivity index (χ2n) is 4.52. The molecule has 98 valence electrons. The summed E-state index contributed by atoms with van der Waals surface area (Å²) in [5, 5.41) is 2.62. The van der Waals surface area contributed by atoms with Gasteiger partial charge in [-0.15, -0.1) is 0 Å². The Kier molecular flexibility index (Phi) is 3.25. The van der Waals surface area contributed by atoms with Gasteiger partial charge in [-0.2, -0.15) is 0 Å². The van der Waals surface area contributed by atoms with Gasteiger partial charge < -0.3 is 11.1 Å². The van der Waals surface area contributed by atoms with Gasteiger partial charge in [-0.1, -0.05) is 0 Å². The maximum atomic E-state index is 11.9. The number of carbonyl (C=O) groups excluding carboxylic acids is 1. The molecule has 1 aliphatic heterocycles. The lowest BCUT2D eigenvalue weighted by atomic mass is 10.1. The smallest absolute Gasteiger partial charge is 0.229 e. The Bertz CT molecular complexity index is 583. The fraction of sp³-hybridized carbons (Fsp3) is 0.455. The molecule has 0 aromatic carbocycles. The van der Waals surface area contributed by atoms with E-state index in [-0.39, 0.29) is 17.4 Å². The van der Waals surface area contributed by atoms with Gasteiger partial charge in [-0.05, 0) is 25.0 Å². The SMILES string of the molecule is Cc1cc(NC(=O)C2CCS(=O)(=O)C2)ncc1N. The molecular formula is C11H15N3O3S. The lowest BCUT2D eigenvalue weighted by Gasteiger charge is -2.09. The monoisotopic (exact) mass is 269 g/mol. The highest BCUT2D eigenvalue weighted by molar-refractivity contribution is 7.91. The molecule has 2 heterocycles. The molecule has 2 rings (SSSR count). The summed E-state index contributed by atoms with van der Waals surface area (Å²) < 4.78 is 22.6. The molecule has 7 heteroatoms. The van der Waals surface area contributed by atoms with Gasteiger partial charge >= 0.3 is 0 Å². The summed E-state index contributed by atoms with van der Waals surface area (Å²) in [5.41, 5.74) is 6.99. The average Bonchev–Trinajstić information content (AvgIpc) is 2.64. The molecule has 1 amide bonds. The number of nitrogens with two attached hydrogens (primary N) is 1. The minimum atomic E-state index is -3.05. The quantitative estimate of drug-likeness (QED) is 0.806. The van der Waals surface area contributed by atoms with Gasteiger partial charge in [0, 0.05) is 0 Å². The predicted molar refractivity (Wildman–Crippen MR) is 68.8 cm³/mol. The van der Waals surface area contributed by atoms with Crippen molar-refractivity contribution in [2.75, 3.05) is 22.6 Å². The molecule has 1 aliphatic rings. The van der Waals surface area contributed by atoms with Crippen molar-refractivity contribution in [3.05, 3.63) is 17.8 Å². The third kappa shape index (κ3) is 2.79. The molecule has 0 spiro atoms. The lowest BCUT2D eigenvalue weighted by Crippen LogP contribution is -2.24. The molecule has 0 saturated carbocycles. The molecule has 1 atom stereocenters. The van der Waals surface area contributed by atoms with Gasteiger partial charge in [0.25, 0.3) is 0 Å². The molecular weight excluding hydrogens is 254 g/mol. The molecule has 1 fully saturated rings. The van der Waals surface area contributed by atoms with E-state index >= 15 is 0 Å². The number of hydrogen-bond donors (Lipinski definition) is 2. The summed E-state index contributed by atoms with van der Waals surface area (Å²) in [6, 6.07) is 1.66. The van der Waals surface area contributed by atoms with Crippen molar-refractivity contribution in [1.82, 2.24) is 4.98 Å². The van der Waals surface area contributed by atoms with Gasteiger partial charge in [-0.3, -0.25) is 4.79 Å². The number of hydrogen-bond acceptors (Lipinski definition) is 5. The number of pyridine rings is 1. The number of nitrogens with zero attached hydrogens (tertiary/aromatic N) is 1. The average molecular weight is 269 g/mol. The second-order valence-corrected chi connectivity index (χ2v) is 6.74. The van der Waals surface area contributed by atoms with Crippen molar-refractivity contribution in [3.63, 3.8) is 0 Å². The molecule has 18 heavy (non-hydrogen) atoms. The van der Waals surface area contributed by atoms with E-state index in [0.29, 0.717) is 17.9 Å². The molecule has 1 saturated heterocycles. The van der Waals surface area contributed by atoms with Gasteiger partial charge in [-0.25, -0.2) is 13.4 Å². The third-order valence-corrected chi connectivity index (χ3v) is 4.77. The number of sulfone groups is 1. The number of amides is 1. The fourth-order valence-corrected chi connectivity index (χ4v) is 3.61. The number of rotatable bonds is 2. The largest absolute Gasteiger partial charge is 0.397 e. The minimum Gasteiger partial charge on any atom is -0.397 e. The third-order valence-electron chi connectivity index (χ3n) is 3.01. The van der Waals surface area contributed by atoms with Crippen LogP contribution in [0.4, 0.5) is 11.5 Å². The van der Waals surface area contributed by atoms with Crippen molar-refractivity contribution in [1.29, 1.82) is 0 Å². The van der Waals surface area contributed by atoms with E-state index in [1.165, 1.54) is 6.20 Å². The van der Waals surface area contributed by atoms with Crippen molar-refractivity contribution >= 4 is 27.2 Å². The van der Waals surface area contributed by atoms with Crippen molar-refractivity contribution in [3.8, 4) is 0 Å². The van der Waals surface area contributed by atoms with Gasteiger partial charge in [0.15, 0.2) is 9.84 Å². The molecule has 0 aliphatic carbocycles. The normalized spacial score (nSPS) is 21.7. The zero-order valence-corrected chi connectivity index (χ0v) is 10.8. The lowest BCUT2D eigenvalue weighted by molar-refractivity contribution is -0.119. The zero-order valence-electron chi connectivity index (χ0n) is 10.0. The molecule has 1 unspecified atom stereocenters. The van der Waals surface area contributed by atoms with Crippen LogP contribution in [0.2, 0.25) is 0 Å². The summed E-state index contributed by atoms with van der Waals surface area (Å²) in [7, 11) is -3.05. The summed E-state index contributed by atoms with van der Waals surface area (Å²) in [6.07, 6.45) is 1.85. The van der Waals surface area contributed by atoms with Crippen LogP contribution in [0.25, 0.3) is 0 Å². The van der Waals surface area contributed by atoms with Gasteiger partial charge in [0.2, 0.25) is 5.91 Å². The predicted octanol–water partition coefficient (Wildman–Crippen LogP) is 0.345. The second kappa shape index (κ2) is 4.56. The first-order valence-electron chi connectivity index (χ1n) is 5.61.